The Labute approximate surface area is 58.0 Å². The second-order valence-electron chi connectivity index (χ2n) is 2.34. The third-order valence-electron chi connectivity index (χ3n) is 0.917. The van der Waals surface area contributed by atoms with Crippen molar-refractivity contribution in [1.82, 2.24) is 0 Å². The molecule has 0 radical (unpaired) electrons. The highest BCUT2D eigenvalue weighted by atomic mass is 14.6. The van der Waals surface area contributed by atoms with Crippen LogP contribution >= 0.6 is 0 Å². The molecule has 0 aliphatic rings. The van der Waals surface area contributed by atoms with E-state index < -0.39 is 0 Å². The molecule has 0 unspecified atom stereocenters. The fourth-order valence-corrected chi connectivity index (χ4v) is 0.0589. The molecule has 0 aromatic carbocycles. The van der Waals surface area contributed by atoms with Gasteiger partial charge in [-0.25, -0.2) is 0 Å². The van der Waals surface area contributed by atoms with Gasteiger partial charge in [0.25, 0.3) is 0 Å². The van der Waals surface area contributed by atoms with Gasteiger partial charge in [-0.1, -0.05) is 27.7 Å². The molecule has 0 saturated heterocycles. The van der Waals surface area contributed by atoms with Gasteiger partial charge in [0.2, 0.25) is 0 Å². The zero-order valence-corrected chi connectivity index (χ0v) is 6.86. The maximum Gasteiger partial charge on any atom is 0.0116 e. The fourth-order valence-electron chi connectivity index (χ4n) is 0.0589. The van der Waals surface area contributed by atoms with E-state index in [4.69, 9.17) is 11.1 Å². The molecule has 0 aromatic rings. The van der Waals surface area contributed by atoms with Gasteiger partial charge in [0.1, 0.15) is 0 Å². The Hall–Kier alpha value is -0.370. The van der Waals surface area contributed by atoms with Crippen molar-refractivity contribution < 1.29 is 0 Å². The van der Waals surface area contributed by atoms with E-state index in [0.29, 0.717) is 6.54 Å². The number of nitrogens with two attached hydrogens (primary N) is 1. The number of hydrogen-bond acceptors (Lipinski definition) is 2. The van der Waals surface area contributed by atoms with Crippen LogP contribution in [0, 0.1) is 10.8 Å². The van der Waals surface area contributed by atoms with Crippen LogP contribution in [-0.4, -0.2) is 12.8 Å². The molecule has 0 bridgehead atoms. The summed E-state index contributed by atoms with van der Waals surface area (Å²) in [4.78, 5) is 0. The summed E-state index contributed by atoms with van der Waals surface area (Å²) in [5.74, 6) is 0. The molecule has 0 saturated carbocycles. The van der Waals surface area contributed by atoms with Gasteiger partial charge in [0, 0.05) is 18.2 Å². The minimum atomic E-state index is -0.0972. The molecule has 0 rings (SSSR count). The first-order valence-electron chi connectivity index (χ1n) is 3.34. The van der Waals surface area contributed by atoms with Crippen molar-refractivity contribution in [2.75, 3.05) is 6.54 Å². The van der Waals surface area contributed by atoms with Crippen molar-refractivity contribution in [1.29, 1.82) is 5.41 Å². The van der Waals surface area contributed by atoms with E-state index in [2.05, 4.69) is 0 Å². The number of hydrogen-bond donors (Lipinski definition) is 2. The molecule has 0 atom stereocenters. The molecule has 0 aliphatic heterocycles. The molecule has 2 heteroatoms. The Morgan fingerprint density at radius 3 is 1.78 bits per heavy atom. The van der Waals surface area contributed by atoms with Crippen LogP contribution in [-0.2, 0) is 0 Å². The molecule has 0 aromatic heterocycles. The SMILES string of the molecule is CC.CC(C)(C=N)CN. The highest BCUT2D eigenvalue weighted by Crippen LogP contribution is 2.05. The Morgan fingerprint density at radius 2 is 1.78 bits per heavy atom. The van der Waals surface area contributed by atoms with Gasteiger partial charge in [-0.15, -0.1) is 0 Å². The Balaban J connectivity index is 0. The Morgan fingerprint density at radius 1 is 1.44 bits per heavy atom. The van der Waals surface area contributed by atoms with Gasteiger partial charge < -0.3 is 11.1 Å². The van der Waals surface area contributed by atoms with E-state index in [1.54, 1.807) is 0 Å². The standard InChI is InChI=1S/C5H12N2.C2H6/c1-5(2,3-6)4-7;1-2/h3,6H,4,7H2,1-2H3;1-2H3. The van der Waals surface area contributed by atoms with Crippen molar-refractivity contribution in [3.63, 3.8) is 0 Å². The summed E-state index contributed by atoms with van der Waals surface area (Å²) in [7, 11) is 0. The molecule has 0 heterocycles. The molecule has 3 N–H and O–H groups in total. The molecule has 9 heavy (non-hydrogen) atoms. The summed E-state index contributed by atoms with van der Waals surface area (Å²) in [5, 5.41) is 6.80. The normalized spacial score (nSPS) is 9.44. The van der Waals surface area contributed by atoms with Gasteiger partial charge in [-0.2, -0.15) is 0 Å². The molecular formula is C7H18N2. The summed E-state index contributed by atoms with van der Waals surface area (Å²) in [6, 6.07) is 0. The van der Waals surface area contributed by atoms with Crippen LogP contribution < -0.4 is 5.73 Å². The monoisotopic (exact) mass is 130 g/mol. The first kappa shape index (κ1) is 11.4. The maximum absolute atomic E-state index is 6.80. The molecule has 2 nitrogen and oxygen atoms in total. The third-order valence-corrected chi connectivity index (χ3v) is 0.917. The lowest BCUT2D eigenvalue weighted by Crippen LogP contribution is -2.24. The highest BCUT2D eigenvalue weighted by Gasteiger charge is 2.08. The van der Waals surface area contributed by atoms with Crippen molar-refractivity contribution in [3.05, 3.63) is 0 Å². The predicted octanol–water partition coefficient (Wildman–Crippen LogP) is 1.65. The molecule has 56 valence electrons. The van der Waals surface area contributed by atoms with E-state index in [1.807, 2.05) is 27.7 Å². The molecule has 0 amide bonds. The van der Waals surface area contributed by atoms with Crippen molar-refractivity contribution in [2.45, 2.75) is 27.7 Å². The van der Waals surface area contributed by atoms with E-state index in [9.17, 15) is 0 Å². The lowest BCUT2D eigenvalue weighted by molar-refractivity contribution is 0.548. The van der Waals surface area contributed by atoms with Crippen molar-refractivity contribution in [3.8, 4) is 0 Å². The average molecular weight is 130 g/mol. The first-order valence-corrected chi connectivity index (χ1v) is 3.34. The highest BCUT2D eigenvalue weighted by molar-refractivity contribution is 5.61. The topological polar surface area (TPSA) is 49.9 Å². The maximum atomic E-state index is 6.80. The van der Waals surface area contributed by atoms with Gasteiger partial charge in [-0.05, 0) is 0 Å². The van der Waals surface area contributed by atoms with Crippen LogP contribution in [0.5, 0.6) is 0 Å². The quantitative estimate of drug-likeness (QED) is 0.548. The minimum absolute atomic E-state index is 0.0972. The third kappa shape index (κ3) is 7.63. The van der Waals surface area contributed by atoms with Crippen LogP contribution in [0.1, 0.15) is 27.7 Å². The largest absolute Gasteiger partial charge is 0.330 e. The Bertz CT molecular complexity index is 67.3. The van der Waals surface area contributed by atoms with E-state index in [-0.39, 0.29) is 5.41 Å². The molecular weight excluding hydrogens is 112 g/mol. The van der Waals surface area contributed by atoms with Crippen LogP contribution in [0.2, 0.25) is 0 Å². The van der Waals surface area contributed by atoms with Gasteiger partial charge in [-0.3, -0.25) is 0 Å². The summed E-state index contributed by atoms with van der Waals surface area (Å²) in [6.45, 7) is 8.41. The zero-order valence-electron chi connectivity index (χ0n) is 6.86. The predicted molar refractivity (Wildman–Crippen MR) is 43.0 cm³/mol. The minimum Gasteiger partial charge on any atom is -0.330 e. The van der Waals surface area contributed by atoms with Crippen LogP contribution in [0.25, 0.3) is 0 Å². The smallest absolute Gasteiger partial charge is 0.0116 e. The van der Waals surface area contributed by atoms with Crippen LogP contribution in [0.4, 0.5) is 0 Å². The van der Waals surface area contributed by atoms with E-state index in [1.165, 1.54) is 6.21 Å². The van der Waals surface area contributed by atoms with E-state index >= 15 is 0 Å². The van der Waals surface area contributed by atoms with Crippen molar-refractivity contribution >= 4 is 6.21 Å². The van der Waals surface area contributed by atoms with E-state index in [0.717, 1.165) is 0 Å². The molecule has 0 aliphatic carbocycles. The summed E-state index contributed by atoms with van der Waals surface area (Å²) in [6.07, 6.45) is 1.37. The first-order chi connectivity index (χ1) is 4.12. The second kappa shape index (κ2) is 5.76. The summed E-state index contributed by atoms with van der Waals surface area (Å²) < 4.78 is 0. The van der Waals surface area contributed by atoms with Gasteiger partial charge in [0.15, 0.2) is 0 Å². The molecule has 0 fully saturated rings. The number of rotatable bonds is 2. The fraction of sp³-hybridized carbons (Fsp3) is 0.857. The van der Waals surface area contributed by atoms with Crippen LogP contribution in [0.3, 0.4) is 0 Å². The second-order valence-corrected chi connectivity index (χ2v) is 2.34. The van der Waals surface area contributed by atoms with Crippen molar-refractivity contribution in [2.24, 2.45) is 11.1 Å². The average Bonchev–Trinajstić information content (AvgIpc) is 1.93. The zero-order chi connectivity index (χ0) is 7.91. The number of nitrogens with one attached hydrogen (secondary N) is 1. The van der Waals surface area contributed by atoms with Crippen LogP contribution in [0.15, 0.2) is 0 Å². The lowest BCUT2D eigenvalue weighted by atomic mass is 9.96. The van der Waals surface area contributed by atoms with Gasteiger partial charge >= 0.3 is 0 Å². The summed E-state index contributed by atoms with van der Waals surface area (Å²) >= 11 is 0. The lowest BCUT2D eigenvalue weighted by Gasteiger charge is -2.13. The van der Waals surface area contributed by atoms with Gasteiger partial charge in [0.05, 0.1) is 0 Å². The summed E-state index contributed by atoms with van der Waals surface area (Å²) in [5.41, 5.74) is 5.17. The molecule has 0 spiro atoms. The Kier molecular flexibility index (Phi) is 7.32.